The highest BCUT2D eigenvalue weighted by molar-refractivity contribution is 7.92. The fraction of sp³-hybridized carbons (Fsp3) is 0.368. The minimum Gasteiger partial charge on any atom is -0.384 e. The molecule has 1 fully saturated rings. The zero-order valence-electron chi connectivity index (χ0n) is 14.5. The number of rotatable bonds is 3. The number of benzene rings is 2. The van der Waals surface area contributed by atoms with Crippen molar-refractivity contribution in [1.29, 1.82) is 0 Å². The quantitative estimate of drug-likeness (QED) is 0.789. The van der Waals surface area contributed by atoms with E-state index in [-0.39, 0.29) is 6.04 Å². The van der Waals surface area contributed by atoms with E-state index in [1.54, 1.807) is 18.2 Å². The zero-order chi connectivity index (χ0) is 17.6. The predicted molar refractivity (Wildman–Crippen MR) is 101 cm³/mol. The molecule has 2 atom stereocenters. The number of sulfonamides is 1. The van der Waals surface area contributed by atoms with Crippen LogP contribution in [-0.4, -0.2) is 21.5 Å². The van der Waals surface area contributed by atoms with Gasteiger partial charge in [-0.3, -0.25) is 4.72 Å². The lowest BCUT2D eigenvalue weighted by atomic mass is 9.89. The molecule has 0 aromatic heterocycles. The molecule has 6 heteroatoms. The van der Waals surface area contributed by atoms with Crippen LogP contribution in [0.25, 0.3) is 0 Å². The van der Waals surface area contributed by atoms with Crippen LogP contribution in [0.15, 0.2) is 41.3 Å². The Hall–Kier alpha value is -2.05. The maximum absolute atomic E-state index is 12.8. The highest BCUT2D eigenvalue weighted by atomic mass is 32.2. The van der Waals surface area contributed by atoms with Gasteiger partial charge in [-0.15, -0.1) is 0 Å². The van der Waals surface area contributed by atoms with Crippen molar-refractivity contribution in [2.75, 3.05) is 23.1 Å². The van der Waals surface area contributed by atoms with E-state index in [0.717, 1.165) is 41.9 Å². The van der Waals surface area contributed by atoms with Crippen molar-refractivity contribution >= 4 is 21.4 Å². The Morgan fingerprint density at radius 3 is 2.72 bits per heavy atom. The monoisotopic (exact) mass is 357 g/mol. The fourth-order valence-electron chi connectivity index (χ4n) is 3.73. The zero-order valence-corrected chi connectivity index (χ0v) is 15.3. The smallest absolute Gasteiger partial charge is 0.261 e. The second-order valence-electron chi connectivity index (χ2n) is 7.02. The summed E-state index contributed by atoms with van der Waals surface area (Å²) in [5.41, 5.74) is 4.88. The summed E-state index contributed by atoms with van der Waals surface area (Å²) in [4.78, 5) is 0.306. The van der Waals surface area contributed by atoms with Gasteiger partial charge in [-0.2, -0.15) is 0 Å². The molecule has 2 aliphatic rings. The van der Waals surface area contributed by atoms with E-state index in [1.165, 1.54) is 0 Å². The Kier molecular flexibility index (Phi) is 3.96. The molecular weight excluding hydrogens is 334 g/mol. The van der Waals surface area contributed by atoms with Gasteiger partial charge < -0.3 is 10.6 Å². The van der Waals surface area contributed by atoms with Crippen molar-refractivity contribution in [2.45, 2.75) is 31.2 Å². The van der Waals surface area contributed by atoms with E-state index in [9.17, 15) is 8.42 Å². The van der Waals surface area contributed by atoms with Gasteiger partial charge in [0, 0.05) is 24.0 Å². The van der Waals surface area contributed by atoms with Gasteiger partial charge in [-0.25, -0.2) is 8.42 Å². The third-order valence-corrected chi connectivity index (χ3v) is 6.71. The van der Waals surface area contributed by atoms with Gasteiger partial charge in [0.05, 0.1) is 4.90 Å². The van der Waals surface area contributed by atoms with Crippen LogP contribution in [0.4, 0.5) is 11.4 Å². The van der Waals surface area contributed by atoms with Crippen molar-refractivity contribution in [3.63, 3.8) is 0 Å². The van der Waals surface area contributed by atoms with Gasteiger partial charge in [0.2, 0.25) is 0 Å². The molecule has 0 aliphatic carbocycles. The lowest BCUT2D eigenvalue weighted by Crippen LogP contribution is -2.29. The van der Waals surface area contributed by atoms with E-state index >= 15 is 0 Å². The first kappa shape index (κ1) is 16.4. The third kappa shape index (κ3) is 3.00. The SMILES string of the molecule is Cc1ccc(NS(=O)(=O)c2ccc3c(c2)[C@H]2NCCC2CN3)cc1C. The first-order chi connectivity index (χ1) is 11.9. The van der Waals surface area contributed by atoms with E-state index < -0.39 is 10.0 Å². The number of hydrogen-bond donors (Lipinski definition) is 3. The van der Waals surface area contributed by atoms with Gasteiger partial charge in [0.15, 0.2) is 0 Å². The largest absolute Gasteiger partial charge is 0.384 e. The summed E-state index contributed by atoms with van der Waals surface area (Å²) in [5.74, 6) is 0.526. The molecule has 3 N–H and O–H groups in total. The number of aryl methyl sites for hydroxylation is 2. The molecule has 2 aromatic carbocycles. The Bertz CT molecular complexity index is 924. The van der Waals surface area contributed by atoms with Crippen molar-refractivity contribution in [3.8, 4) is 0 Å². The van der Waals surface area contributed by atoms with Gasteiger partial charge in [-0.1, -0.05) is 6.07 Å². The first-order valence-electron chi connectivity index (χ1n) is 8.65. The average Bonchev–Trinajstić information content (AvgIpc) is 3.06. The second-order valence-corrected chi connectivity index (χ2v) is 8.70. The molecule has 0 amide bonds. The van der Waals surface area contributed by atoms with Gasteiger partial charge in [0.25, 0.3) is 10.0 Å². The number of fused-ring (bicyclic) bond motifs is 3. The average molecular weight is 357 g/mol. The first-order valence-corrected chi connectivity index (χ1v) is 10.1. The van der Waals surface area contributed by atoms with Crippen molar-refractivity contribution < 1.29 is 8.42 Å². The van der Waals surface area contributed by atoms with Crippen LogP contribution in [-0.2, 0) is 10.0 Å². The molecule has 2 aliphatic heterocycles. The number of anilines is 2. The summed E-state index contributed by atoms with van der Waals surface area (Å²) >= 11 is 0. The third-order valence-electron chi connectivity index (χ3n) is 5.33. The van der Waals surface area contributed by atoms with Crippen LogP contribution in [0.3, 0.4) is 0 Å². The van der Waals surface area contributed by atoms with Gasteiger partial charge in [0.1, 0.15) is 0 Å². The number of hydrogen-bond acceptors (Lipinski definition) is 4. The van der Waals surface area contributed by atoms with Crippen LogP contribution in [0, 0.1) is 19.8 Å². The molecule has 1 unspecified atom stereocenters. The fourth-order valence-corrected chi connectivity index (χ4v) is 4.81. The molecule has 25 heavy (non-hydrogen) atoms. The maximum atomic E-state index is 12.8. The summed E-state index contributed by atoms with van der Waals surface area (Å²) in [5, 5.41) is 6.92. The molecule has 1 saturated heterocycles. The summed E-state index contributed by atoms with van der Waals surface area (Å²) < 4.78 is 28.3. The lowest BCUT2D eigenvalue weighted by molar-refractivity contribution is 0.469. The minimum absolute atomic E-state index is 0.244. The van der Waals surface area contributed by atoms with E-state index in [2.05, 4.69) is 15.4 Å². The molecule has 4 rings (SSSR count). The molecule has 2 heterocycles. The van der Waals surface area contributed by atoms with Crippen LogP contribution >= 0.6 is 0 Å². The van der Waals surface area contributed by atoms with E-state index in [0.29, 0.717) is 16.5 Å². The van der Waals surface area contributed by atoms with Crippen molar-refractivity contribution in [3.05, 3.63) is 53.1 Å². The molecule has 2 aromatic rings. The highest BCUT2D eigenvalue weighted by Gasteiger charge is 2.33. The molecule has 0 spiro atoms. The normalized spacial score (nSPS) is 22.0. The molecular formula is C19H23N3O2S. The Balaban J connectivity index is 1.66. The highest BCUT2D eigenvalue weighted by Crippen LogP contribution is 2.39. The lowest BCUT2D eigenvalue weighted by Gasteiger charge is -2.29. The molecule has 5 nitrogen and oxygen atoms in total. The van der Waals surface area contributed by atoms with Gasteiger partial charge >= 0.3 is 0 Å². The minimum atomic E-state index is -3.61. The van der Waals surface area contributed by atoms with Crippen LogP contribution in [0.2, 0.25) is 0 Å². The maximum Gasteiger partial charge on any atom is 0.261 e. The Labute approximate surface area is 148 Å². The summed E-state index contributed by atoms with van der Waals surface area (Å²) in [6.45, 7) is 5.91. The number of nitrogens with one attached hydrogen (secondary N) is 3. The predicted octanol–water partition coefficient (Wildman–Crippen LogP) is 3.18. The van der Waals surface area contributed by atoms with Crippen LogP contribution < -0.4 is 15.4 Å². The molecule has 0 bridgehead atoms. The van der Waals surface area contributed by atoms with E-state index in [1.807, 2.05) is 32.0 Å². The van der Waals surface area contributed by atoms with Crippen molar-refractivity contribution in [2.24, 2.45) is 5.92 Å². The second kappa shape index (κ2) is 6.04. The Morgan fingerprint density at radius 1 is 1.08 bits per heavy atom. The Morgan fingerprint density at radius 2 is 1.92 bits per heavy atom. The molecule has 0 saturated carbocycles. The standard InChI is InChI=1S/C19H23N3O2S/c1-12-3-4-15(9-13(12)2)22-25(23,24)16-5-6-18-17(10-16)19-14(11-21-18)7-8-20-19/h3-6,9-10,14,19-22H,7-8,11H2,1-2H3/t14?,19-/m0/s1. The van der Waals surface area contributed by atoms with Crippen LogP contribution in [0.1, 0.15) is 29.2 Å². The topological polar surface area (TPSA) is 70.2 Å². The summed E-state index contributed by atoms with van der Waals surface area (Å²) in [7, 11) is -3.61. The molecule has 132 valence electrons. The van der Waals surface area contributed by atoms with E-state index in [4.69, 9.17) is 0 Å². The summed E-state index contributed by atoms with van der Waals surface area (Å²) in [6.07, 6.45) is 1.12. The molecule has 0 radical (unpaired) electrons. The van der Waals surface area contributed by atoms with Gasteiger partial charge in [-0.05, 0) is 79.8 Å². The van der Waals surface area contributed by atoms with Crippen LogP contribution in [0.5, 0.6) is 0 Å². The summed E-state index contributed by atoms with van der Waals surface area (Å²) in [6, 6.07) is 11.2. The van der Waals surface area contributed by atoms with Crippen molar-refractivity contribution in [1.82, 2.24) is 5.32 Å².